The Kier molecular flexibility index (Phi) is 7.48. The zero-order valence-electron chi connectivity index (χ0n) is 19.0. The Bertz CT molecular complexity index is 1080. The maximum Gasteiger partial charge on any atom is 0.269 e. The monoisotopic (exact) mass is 439 g/mol. The van der Waals surface area contributed by atoms with Gasteiger partial charge < -0.3 is 25.4 Å². The van der Waals surface area contributed by atoms with E-state index in [0.717, 1.165) is 17.8 Å². The van der Waals surface area contributed by atoms with E-state index in [9.17, 15) is 4.79 Å². The van der Waals surface area contributed by atoms with Crippen molar-refractivity contribution in [3.8, 4) is 22.8 Å². The summed E-state index contributed by atoms with van der Waals surface area (Å²) in [6.45, 7) is 5.58. The zero-order valence-corrected chi connectivity index (χ0v) is 19.0. The molecule has 10 heteroatoms. The number of carbonyl (C=O) groups is 1. The molecular formula is C22H29N7O3. The van der Waals surface area contributed by atoms with Crippen LogP contribution in [0.1, 0.15) is 23.1 Å². The van der Waals surface area contributed by atoms with E-state index in [2.05, 4.69) is 31.0 Å². The van der Waals surface area contributed by atoms with E-state index < -0.39 is 0 Å². The number of aromatic nitrogens is 4. The Balaban J connectivity index is 1.63. The summed E-state index contributed by atoms with van der Waals surface area (Å²) in [6.07, 6.45) is 0. The van der Waals surface area contributed by atoms with Crippen molar-refractivity contribution in [2.24, 2.45) is 7.05 Å². The molecule has 3 rings (SSSR count). The van der Waals surface area contributed by atoms with Crippen LogP contribution < -0.4 is 25.4 Å². The molecule has 0 unspecified atom stereocenters. The number of hydrogen-bond acceptors (Lipinski definition) is 8. The van der Waals surface area contributed by atoms with Gasteiger partial charge in [-0.3, -0.25) is 9.48 Å². The molecule has 1 amide bonds. The van der Waals surface area contributed by atoms with Gasteiger partial charge in [-0.2, -0.15) is 10.1 Å². The predicted molar refractivity (Wildman–Crippen MR) is 124 cm³/mol. The molecule has 0 saturated heterocycles. The fourth-order valence-corrected chi connectivity index (χ4v) is 3.18. The maximum atomic E-state index is 12.7. The van der Waals surface area contributed by atoms with Crippen LogP contribution in [0.2, 0.25) is 0 Å². The molecule has 0 aliphatic carbocycles. The number of aryl methyl sites for hydroxylation is 2. The predicted octanol–water partition coefficient (Wildman–Crippen LogP) is 2.48. The van der Waals surface area contributed by atoms with Crippen molar-refractivity contribution in [3.05, 3.63) is 41.7 Å². The number of anilines is 2. The quantitative estimate of drug-likeness (QED) is 0.413. The van der Waals surface area contributed by atoms with Crippen molar-refractivity contribution in [1.29, 1.82) is 0 Å². The topological polar surface area (TPSA) is 115 Å². The second kappa shape index (κ2) is 10.5. The lowest BCUT2D eigenvalue weighted by molar-refractivity contribution is 0.0946. The minimum absolute atomic E-state index is 0.220. The lowest BCUT2D eigenvalue weighted by Gasteiger charge is -2.10. The van der Waals surface area contributed by atoms with Crippen molar-refractivity contribution in [2.45, 2.75) is 13.8 Å². The number of hydrogen-bond donors (Lipinski definition) is 3. The SMILES string of the molecule is CCNc1nc(C)cc(NCCNC(=O)c2cc(-c3cc(OC)ccc3OC)nn2C)n1. The van der Waals surface area contributed by atoms with E-state index >= 15 is 0 Å². The fourth-order valence-electron chi connectivity index (χ4n) is 3.18. The first-order valence-corrected chi connectivity index (χ1v) is 10.3. The van der Waals surface area contributed by atoms with Gasteiger partial charge in [0.15, 0.2) is 0 Å². The minimum atomic E-state index is -0.220. The lowest BCUT2D eigenvalue weighted by Crippen LogP contribution is -2.30. The average molecular weight is 440 g/mol. The third-order valence-electron chi connectivity index (χ3n) is 4.70. The smallest absolute Gasteiger partial charge is 0.269 e. The van der Waals surface area contributed by atoms with Crippen LogP contribution in [0.15, 0.2) is 30.3 Å². The summed E-state index contributed by atoms with van der Waals surface area (Å²) < 4.78 is 12.3. The van der Waals surface area contributed by atoms with E-state index in [1.54, 1.807) is 32.0 Å². The van der Waals surface area contributed by atoms with Gasteiger partial charge in [-0.25, -0.2) is 4.98 Å². The Hall–Kier alpha value is -3.82. The van der Waals surface area contributed by atoms with Gasteiger partial charge in [0, 0.05) is 44.0 Å². The summed E-state index contributed by atoms with van der Waals surface area (Å²) in [5.41, 5.74) is 2.67. The molecule has 0 atom stereocenters. The van der Waals surface area contributed by atoms with Gasteiger partial charge in [-0.05, 0) is 38.1 Å². The molecule has 3 N–H and O–H groups in total. The van der Waals surface area contributed by atoms with Gasteiger partial charge in [0.05, 0.1) is 19.9 Å². The molecule has 0 fully saturated rings. The van der Waals surface area contributed by atoms with Crippen LogP contribution in [0.4, 0.5) is 11.8 Å². The highest BCUT2D eigenvalue weighted by Crippen LogP contribution is 2.32. The molecule has 0 aliphatic rings. The molecule has 2 aromatic heterocycles. The van der Waals surface area contributed by atoms with Gasteiger partial charge in [0.2, 0.25) is 5.95 Å². The number of methoxy groups -OCH3 is 2. The van der Waals surface area contributed by atoms with Crippen molar-refractivity contribution in [3.63, 3.8) is 0 Å². The fraction of sp³-hybridized carbons (Fsp3) is 0.364. The molecule has 170 valence electrons. The third-order valence-corrected chi connectivity index (χ3v) is 4.70. The van der Waals surface area contributed by atoms with Crippen LogP contribution in [0.5, 0.6) is 11.5 Å². The molecule has 0 saturated carbocycles. The summed E-state index contributed by atoms with van der Waals surface area (Å²) in [6, 6.07) is 9.04. The van der Waals surface area contributed by atoms with E-state index in [1.807, 2.05) is 38.1 Å². The first-order valence-electron chi connectivity index (χ1n) is 10.3. The van der Waals surface area contributed by atoms with Crippen LogP contribution in [0.25, 0.3) is 11.3 Å². The van der Waals surface area contributed by atoms with Crippen molar-refractivity contribution < 1.29 is 14.3 Å². The third kappa shape index (κ3) is 5.45. The Labute approximate surface area is 187 Å². The summed E-state index contributed by atoms with van der Waals surface area (Å²) >= 11 is 0. The van der Waals surface area contributed by atoms with E-state index in [0.29, 0.717) is 47.7 Å². The largest absolute Gasteiger partial charge is 0.497 e. The summed E-state index contributed by atoms with van der Waals surface area (Å²) in [4.78, 5) is 21.4. The number of nitrogens with one attached hydrogen (secondary N) is 3. The van der Waals surface area contributed by atoms with Crippen LogP contribution in [-0.2, 0) is 7.05 Å². The highest BCUT2D eigenvalue weighted by Gasteiger charge is 2.17. The number of nitrogens with zero attached hydrogens (tertiary/aromatic N) is 4. The number of benzene rings is 1. The van der Waals surface area contributed by atoms with Gasteiger partial charge >= 0.3 is 0 Å². The Morgan fingerprint density at radius 3 is 2.59 bits per heavy atom. The van der Waals surface area contributed by atoms with E-state index in [1.165, 1.54) is 0 Å². The Morgan fingerprint density at radius 1 is 1.06 bits per heavy atom. The molecule has 0 radical (unpaired) electrons. The zero-order chi connectivity index (χ0) is 23.1. The summed E-state index contributed by atoms with van der Waals surface area (Å²) in [7, 11) is 4.92. The van der Waals surface area contributed by atoms with Gasteiger partial charge in [-0.1, -0.05) is 0 Å². The number of rotatable bonds is 10. The lowest BCUT2D eigenvalue weighted by atomic mass is 10.1. The number of amides is 1. The minimum Gasteiger partial charge on any atom is -0.497 e. The molecule has 32 heavy (non-hydrogen) atoms. The van der Waals surface area contributed by atoms with E-state index in [-0.39, 0.29) is 5.91 Å². The number of carbonyl (C=O) groups excluding carboxylic acids is 1. The maximum absolute atomic E-state index is 12.7. The number of ether oxygens (including phenoxy) is 2. The first-order chi connectivity index (χ1) is 15.4. The molecule has 2 heterocycles. The molecule has 3 aromatic rings. The van der Waals surface area contributed by atoms with Crippen LogP contribution in [0.3, 0.4) is 0 Å². The van der Waals surface area contributed by atoms with Crippen LogP contribution in [0, 0.1) is 6.92 Å². The summed E-state index contributed by atoms with van der Waals surface area (Å²) in [5, 5.41) is 13.7. The van der Waals surface area contributed by atoms with Crippen molar-refractivity contribution >= 4 is 17.7 Å². The second-order valence-electron chi connectivity index (χ2n) is 7.04. The molecule has 10 nitrogen and oxygen atoms in total. The Morgan fingerprint density at radius 2 is 1.88 bits per heavy atom. The highest BCUT2D eigenvalue weighted by molar-refractivity contribution is 5.94. The highest BCUT2D eigenvalue weighted by atomic mass is 16.5. The van der Waals surface area contributed by atoms with Gasteiger partial charge in [0.25, 0.3) is 5.91 Å². The molecule has 0 spiro atoms. The average Bonchev–Trinajstić information content (AvgIpc) is 3.17. The normalized spacial score (nSPS) is 10.5. The van der Waals surface area contributed by atoms with Crippen molar-refractivity contribution in [2.75, 3.05) is 44.5 Å². The van der Waals surface area contributed by atoms with Crippen molar-refractivity contribution in [1.82, 2.24) is 25.1 Å². The second-order valence-corrected chi connectivity index (χ2v) is 7.04. The van der Waals surface area contributed by atoms with Gasteiger partial charge in [-0.15, -0.1) is 0 Å². The van der Waals surface area contributed by atoms with Gasteiger partial charge in [0.1, 0.15) is 23.0 Å². The molecule has 1 aromatic carbocycles. The molecule has 0 aliphatic heterocycles. The van der Waals surface area contributed by atoms with E-state index in [4.69, 9.17) is 9.47 Å². The standard InChI is InChI=1S/C22H29N7O3/c1-6-23-22-26-14(2)11-20(27-22)24-9-10-25-21(30)18-13-17(28-29(18)3)16-12-15(31-4)7-8-19(16)32-5/h7-8,11-13H,6,9-10H2,1-5H3,(H,25,30)(H2,23,24,26,27). The molecule has 0 bridgehead atoms. The molecular weight excluding hydrogens is 410 g/mol. The van der Waals surface area contributed by atoms with Crippen LogP contribution in [-0.4, -0.2) is 59.5 Å². The summed E-state index contributed by atoms with van der Waals surface area (Å²) in [5.74, 6) is 2.39. The van der Waals surface area contributed by atoms with Crippen LogP contribution >= 0.6 is 0 Å². The first kappa shape index (κ1) is 22.9.